The van der Waals surface area contributed by atoms with E-state index in [-0.39, 0.29) is 25.7 Å². The number of rotatable bonds is 6. The molecule has 4 amide bonds. The van der Waals surface area contributed by atoms with E-state index in [1.807, 2.05) is 0 Å². The molecule has 1 unspecified atom stereocenters. The summed E-state index contributed by atoms with van der Waals surface area (Å²) in [6.45, 7) is 2.27. The predicted molar refractivity (Wildman–Crippen MR) is 96.6 cm³/mol. The summed E-state index contributed by atoms with van der Waals surface area (Å²) in [6.07, 6.45) is 1.77. The summed E-state index contributed by atoms with van der Waals surface area (Å²) in [5.41, 5.74) is 0.748. The van der Waals surface area contributed by atoms with Crippen molar-refractivity contribution < 1.29 is 28.6 Å². The van der Waals surface area contributed by atoms with Crippen molar-refractivity contribution in [2.24, 2.45) is 5.92 Å². The Hall–Kier alpha value is -2.81. The second kappa shape index (κ2) is 8.05. The number of hydrogen-bond donors (Lipinski definition) is 2. The lowest BCUT2D eigenvalue weighted by atomic mass is 10.0. The number of amides is 4. The van der Waals surface area contributed by atoms with Gasteiger partial charge < -0.3 is 24.8 Å². The number of benzene rings is 1. The third-order valence-corrected chi connectivity index (χ3v) is 5.20. The minimum atomic E-state index is -0.837. The number of carbonyl (C=O) groups is 3. The minimum absolute atomic E-state index is 0.0641. The first kappa shape index (κ1) is 18.5. The van der Waals surface area contributed by atoms with Crippen LogP contribution < -0.4 is 20.1 Å². The Bertz CT molecular complexity index is 777. The van der Waals surface area contributed by atoms with Gasteiger partial charge in [0.15, 0.2) is 11.5 Å². The Morgan fingerprint density at radius 2 is 1.96 bits per heavy atom. The molecule has 2 N–H and O–H groups in total. The summed E-state index contributed by atoms with van der Waals surface area (Å²) in [7, 11) is 0. The van der Waals surface area contributed by atoms with Crippen LogP contribution in [-0.4, -0.2) is 55.3 Å². The lowest BCUT2D eigenvalue weighted by molar-refractivity contribution is -0.131. The maximum atomic E-state index is 12.6. The summed E-state index contributed by atoms with van der Waals surface area (Å²) in [5, 5.41) is 5.46. The Morgan fingerprint density at radius 1 is 1.18 bits per heavy atom. The van der Waals surface area contributed by atoms with Gasteiger partial charge in [-0.1, -0.05) is 6.07 Å². The molecule has 0 bridgehead atoms. The maximum Gasteiger partial charge on any atom is 0.325 e. The molecule has 150 valence electrons. The molecule has 9 nitrogen and oxygen atoms in total. The molecule has 2 fully saturated rings. The Labute approximate surface area is 162 Å². The molecule has 9 heteroatoms. The summed E-state index contributed by atoms with van der Waals surface area (Å²) in [4.78, 5) is 38.1. The maximum absolute atomic E-state index is 12.6. The number of carbonyl (C=O) groups excluding carboxylic acids is 3. The fourth-order valence-corrected chi connectivity index (χ4v) is 3.55. The molecular formula is C19H23N3O6. The first-order chi connectivity index (χ1) is 13.6. The second-order valence-electron chi connectivity index (χ2n) is 7.18. The van der Waals surface area contributed by atoms with Crippen molar-refractivity contribution in [2.45, 2.75) is 31.8 Å². The molecule has 2 saturated heterocycles. The largest absolute Gasteiger partial charge is 0.454 e. The number of ether oxygens (including phenoxy) is 3. The average Bonchev–Trinajstić information content (AvgIpc) is 3.27. The molecule has 0 saturated carbocycles. The van der Waals surface area contributed by atoms with Gasteiger partial charge >= 0.3 is 6.03 Å². The van der Waals surface area contributed by atoms with E-state index in [4.69, 9.17) is 14.2 Å². The smallest absolute Gasteiger partial charge is 0.325 e. The van der Waals surface area contributed by atoms with E-state index in [1.165, 1.54) is 0 Å². The van der Waals surface area contributed by atoms with Crippen LogP contribution in [0, 0.1) is 5.92 Å². The van der Waals surface area contributed by atoms with E-state index < -0.39 is 18.0 Å². The Balaban J connectivity index is 1.30. The van der Waals surface area contributed by atoms with Crippen molar-refractivity contribution in [1.82, 2.24) is 15.5 Å². The molecule has 28 heavy (non-hydrogen) atoms. The number of nitrogens with zero attached hydrogens (tertiary/aromatic N) is 1. The third-order valence-electron chi connectivity index (χ3n) is 5.20. The Kier molecular flexibility index (Phi) is 5.34. The fraction of sp³-hybridized carbons (Fsp3) is 0.526. The quantitative estimate of drug-likeness (QED) is 0.696. The number of urea groups is 1. The highest BCUT2D eigenvalue weighted by Gasteiger charge is 2.39. The van der Waals surface area contributed by atoms with Crippen LogP contribution in [0.25, 0.3) is 0 Å². The number of nitrogens with one attached hydrogen (secondary N) is 2. The van der Waals surface area contributed by atoms with Gasteiger partial charge in [0.05, 0.1) is 13.0 Å². The molecule has 0 spiro atoms. The summed E-state index contributed by atoms with van der Waals surface area (Å²) < 4.78 is 15.9. The van der Waals surface area contributed by atoms with Gasteiger partial charge in [0.25, 0.3) is 5.91 Å². The van der Waals surface area contributed by atoms with Crippen LogP contribution in [0.5, 0.6) is 11.5 Å². The van der Waals surface area contributed by atoms with Crippen molar-refractivity contribution in [3.63, 3.8) is 0 Å². The Morgan fingerprint density at radius 3 is 2.79 bits per heavy atom. The molecule has 1 atom stereocenters. The van der Waals surface area contributed by atoms with E-state index in [0.717, 1.165) is 23.3 Å². The minimum Gasteiger partial charge on any atom is -0.454 e. The molecule has 0 aliphatic carbocycles. The van der Waals surface area contributed by atoms with Crippen LogP contribution >= 0.6 is 0 Å². The lowest BCUT2D eigenvalue weighted by Gasteiger charge is -2.22. The normalized spacial score (nSPS) is 21.7. The number of imide groups is 1. The van der Waals surface area contributed by atoms with Gasteiger partial charge in [0, 0.05) is 19.8 Å². The van der Waals surface area contributed by atoms with E-state index in [2.05, 4.69) is 10.6 Å². The molecule has 4 rings (SSSR count). The topological polar surface area (TPSA) is 106 Å². The summed E-state index contributed by atoms with van der Waals surface area (Å²) >= 11 is 0. The molecule has 1 aromatic carbocycles. The van der Waals surface area contributed by atoms with Crippen LogP contribution in [-0.2, 0) is 20.9 Å². The van der Waals surface area contributed by atoms with E-state index in [9.17, 15) is 14.4 Å². The van der Waals surface area contributed by atoms with Crippen LogP contribution in [0.2, 0.25) is 0 Å². The van der Waals surface area contributed by atoms with Gasteiger partial charge in [-0.25, -0.2) is 4.79 Å². The SMILES string of the molecule is O=C(CC1NC(=O)N(Cc2ccc3c(c2)OCO3)C1=O)NCC1CCOCC1. The second-order valence-corrected chi connectivity index (χ2v) is 7.18. The highest BCUT2D eigenvalue weighted by Crippen LogP contribution is 2.33. The highest BCUT2D eigenvalue weighted by atomic mass is 16.7. The first-order valence-electron chi connectivity index (χ1n) is 9.45. The van der Waals surface area contributed by atoms with Gasteiger partial charge in [-0.2, -0.15) is 0 Å². The summed E-state index contributed by atoms with van der Waals surface area (Å²) in [6, 6.07) is 3.94. The van der Waals surface area contributed by atoms with Crippen LogP contribution in [0.1, 0.15) is 24.8 Å². The number of fused-ring (bicyclic) bond motifs is 1. The molecule has 0 radical (unpaired) electrons. The highest BCUT2D eigenvalue weighted by molar-refractivity contribution is 6.05. The predicted octanol–water partition coefficient (Wildman–Crippen LogP) is 0.769. The fourth-order valence-electron chi connectivity index (χ4n) is 3.55. The van der Waals surface area contributed by atoms with E-state index >= 15 is 0 Å². The number of hydrogen-bond acceptors (Lipinski definition) is 6. The van der Waals surface area contributed by atoms with E-state index in [0.29, 0.717) is 37.2 Å². The molecular weight excluding hydrogens is 366 g/mol. The average molecular weight is 389 g/mol. The summed E-state index contributed by atoms with van der Waals surface area (Å²) in [5.74, 6) is 0.988. The van der Waals surface area contributed by atoms with Crippen molar-refractivity contribution in [2.75, 3.05) is 26.6 Å². The van der Waals surface area contributed by atoms with Crippen molar-refractivity contribution >= 4 is 17.8 Å². The standard InChI is InChI=1S/C19H23N3O6/c23-17(20-9-12-3-5-26-6-4-12)8-14-18(24)22(19(25)21-14)10-13-1-2-15-16(7-13)28-11-27-15/h1-2,7,12,14H,3-6,8-11H2,(H,20,23)(H,21,25). The van der Waals surface area contributed by atoms with Crippen molar-refractivity contribution in [3.8, 4) is 11.5 Å². The van der Waals surface area contributed by atoms with E-state index in [1.54, 1.807) is 18.2 Å². The molecule has 0 aromatic heterocycles. The van der Waals surface area contributed by atoms with Gasteiger partial charge in [-0.3, -0.25) is 14.5 Å². The molecule has 3 heterocycles. The lowest BCUT2D eigenvalue weighted by Crippen LogP contribution is -2.38. The zero-order chi connectivity index (χ0) is 19.5. The zero-order valence-corrected chi connectivity index (χ0v) is 15.4. The molecule has 1 aromatic rings. The zero-order valence-electron chi connectivity index (χ0n) is 15.4. The van der Waals surface area contributed by atoms with Gasteiger partial charge in [-0.05, 0) is 36.5 Å². The molecule has 3 aliphatic heterocycles. The van der Waals surface area contributed by atoms with Crippen LogP contribution in [0.4, 0.5) is 4.79 Å². The van der Waals surface area contributed by atoms with Gasteiger partial charge in [0.1, 0.15) is 6.04 Å². The van der Waals surface area contributed by atoms with Gasteiger partial charge in [-0.15, -0.1) is 0 Å². The van der Waals surface area contributed by atoms with Crippen LogP contribution in [0.3, 0.4) is 0 Å². The van der Waals surface area contributed by atoms with Crippen molar-refractivity contribution in [3.05, 3.63) is 23.8 Å². The van der Waals surface area contributed by atoms with Crippen LogP contribution in [0.15, 0.2) is 18.2 Å². The molecule has 3 aliphatic rings. The third kappa shape index (κ3) is 4.04. The first-order valence-corrected chi connectivity index (χ1v) is 9.45. The van der Waals surface area contributed by atoms with Crippen molar-refractivity contribution in [1.29, 1.82) is 0 Å². The monoisotopic (exact) mass is 389 g/mol. The van der Waals surface area contributed by atoms with Gasteiger partial charge in [0.2, 0.25) is 12.7 Å².